The summed E-state index contributed by atoms with van der Waals surface area (Å²) in [4.78, 5) is 56.0. The lowest BCUT2D eigenvalue weighted by Crippen LogP contribution is -2.50. The van der Waals surface area contributed by atoms with Crippen LogP contribution < -0.4 is 9.80 Å². The summed E-state index contributed by atoms with van der Waals surface area (Å²) >= 11 is 0. The number of imide groups is 1. The van der Waals surface area contributed by atoms with Gasteiger partial charge in [-0.1, -0.05) is 47.7 Å². The summed E-state index contributed by atoms with van der Waals surface area (Å²) in [6.45, 7) is 1.62. The van der Waals surface area contributed by atoms with Gasteiger partial charge in [-0.15, -0.1) is 5.10 Å². The summed E-state index contributed by atoms with van der Waals surface area (Å²) in [5, 5.41) is 19.5. The molecule has 0 saturated carbocycles. The Hall–Kier alpha value is -5.19. The van der Waals surface area contributed by atoms with E-state index in [1.54, 1.807) is 31.2 Å². The third-order valence-electron chi connectivity index (χ3n) is 7.86. The number of carbonyl (C=O) groups excluding carboxylic acids is 3. The highest BCUT2D eigenvalue weighted by Gasteiger charge is 2.65. The molecule has 39 heavy (non-hydrogen) atoms. The zero-order chi connectivity index (χ0) is 27.0. The van der Waals surface area contributed by atoms with Crippen LogP contribution >= 0.6 is 0 Å². The van der Waals surface area contributed by atoms with E-state index in [0.29, 0.717) is 16.6 Å². The number of nitro benzene ring substituents is 1. The molecule has 4 heterocycles. The maximum absolute atomic E-state index is 14.2. The second-order valence-electron chi connectivity index (χ2n) is 9.88. The first kappa shape index (κ1) is 23.0. The lowest BCUT2D eigenvalue weighted by Gasteiger charge is -2.36. The number of para-hydroxylation sites is 2. The number of hydrogen-bond donors (Lipinski definition) is 0. The zero-order valence-corrected chi connectivity index (χ0v) is 20.5. The topological polar surface area (TPSA) is 132 Å². The van der Waals surface area contributed by atoms with Gasteiger partial charge >= 0.3 is 0 Å². The summed E-state index contributed by atoms with van der Waals surface area (Å²) in [6, 6.07) is 17.0. The van der Waals surface area contributed by atoms with E-state index in [9.17, 15) is 24.5 Å². The van der Waals surface area contributed by atoms with Gasteiger partial charge in [0.1, 0.15) is 11.6 Å². The van der Waals surface area contributed by atoms with Gasteiger partial charge in [-0.3, -0.25) is 24.5 Å². The molecule has 1 aromatic heterocycles. The van der Waals surface area contributed by atoms with Crippen molar-refractivity contribution in [1.82, 2.24) is 15.0 Å². The van der Waals surface area contributed by atoms with Gasteiger partial charge in [-0.05, 0) is 42.3 Å². The Morgan fingerprint density at radius 1 is 0.949 bits per heavy atom. The summed E-state index contributed by atoms with van der Waals surface area (Å²) in [5.74, 6) is -3.26. The number of non-ortho nitro benzene ring substituents is 1. The lowest BCUT2D eigenvalue weighted by atomic mass is 9.88. The molecule has 4 aromatic rings. The van der Waals surface area contributed by atoms with Crippen LogP contribution in [0.2, 0.25) is 0 Å². The van der Waals surface area contributed by atoms with Gasteiger partial charge in [0.25, 0.3) is 11.6 Å². The van der Waals surface area contributed by atoms with Crippen LogP contribution in [0.15, 0.2) is 72.8 Å². The number of nitrogens with zero attached hydrogens (tertiary/aromatic N) is 6. The number of benzene rings is 3. The molecule has 4 unspecified atom stereocenters. The summed E-state index contributed by atoms with van der Waals surface area (Å²) in [6.07, 6.45) is 3.77. The van der Waals surface area contributed by atoms with Crippen molar-refractivity contribution in [2.45, 2.75) is 19.0 Å². The van der Waals surface area contributed by atoms with E-state index < -0.39 is 46.6 Å². The third kappa shape index (κ3) is 3.13. The number of amides is 2. The minimum absolute atomic E-state index is 0.139. The normalized spacial score (nSPS) is 23.2. The summed E-state index contributed by atoms with van der Waals surface area (Å²) in [7, 11) is 0. The van der Waals surface area contributed by atoms with Crippen LogP contribution in [-0.4, -0.2) is 49.7 Å². The Bertz CT molecular complexity index is 1780. The van der Waals surface area contributed by atoms with Crippen LogP contribution in [0.1, 0.15) is 15.9 Å². The van der Waals surface area contributed by atoms with Crippen molar-refractivity contribution in [2.24, 2.45) is 11.8 Å². The van der Waals surface area contributed by atoms with Gasteiger partial charge in [0.05, 0.1) is 34.0 Å². The molecule has 3 aliphatic rings. The molecule has 0 spiro atoms. The molecule has 2 amide bonds. The molecule has 3 aromatic carbocycles. The Morgan fingerprint density at radius 3 is 2.49 bits per heavy atom. The standard InChI is InChI=1S/C28H20N6O5/c1-15-14-17(34(38)39)11-13-19(15)32-26(35)23-22-12-10-16-6-2-4-8-20(16)31(22)25(24(23)27(32)36)28(37)33-21-9-5-3-7-18(21)29-30-33/h2-14,22-25H,1H3. The minimum Gasteiger partial charge on any atom is -0.351 e. The average molecular weight is 521 g/mol. The Labute approximate surface area is 221 Å². The van der Waals surface area contributed by atoms with Crippen molar-refractivity contribution in [2.75, 3.05) is 9.80 Å². The Balaban J connectivity index is 1.38. The molecule has 11 nitrogen and oxygen atoms in total. The molecule has 2 saturated heterocycles. The van der Waals surface area contributed by atoms with Crippen LogP contribution in [0.4, 0.5) is 17.1 Å². The quantitative estimate of drug-likeness (QED) is 0.228. The molecule has 0 aliphatic carbocycles. The second-order valence-corrected chi connectivity index (χ2v) is 9.88. The molecule has 2 fully saturated rings. The Morgan fingerprint density at radius 2 is 1.69 bits per heavy atom. The number of aryl methyl sites for hydroxylation is 1. The van der Waals surface area contributed by atoms with Crippen molar-refractivity contribution in [3.8, 4) is 0 Å². The maximum Gasteiger partial charge on any atom is 0.272 e. The van der Waals surface area contributed by atoms with E-state index in [-0.39, 0.29) is 11.4 Å². The van der Waals surface area contributed by atoms with Crippen LogP contribution in [0, 0.1) is 28.9 Å². The van der Waals surface area contributed by atoms with Crippen LogP contribution in [-0.2, 0) is 9.59 Å². The van der Waals surface area contributed by atoms with Crippen molar-refractivity contribution in [1.29, 1.82) is 0 Å². The van der Waals surface area contributed by atoms with E-state index in [2.05, 4.69) is 10.3 Å². The van der Waals surface area contributed by atoms with E-state index in [4.69, 9.17) is 0 Å². The molecule has 11 heteroatoms. The van der Waals surface area contributed by atoms with E-state index in [0.717, 1.165) is 16.2 Å². The second kappa shape index (κ2) is 8.15. The van der Waals surface area contributed by atoms with Gasteiger partial charge in [-0.2, -0.15) is 4.68 Å². The van der Waals surface area contributed by atoms with Crippen molar-refractivity contribution >= 4 is 51.9 Å². The SMILES string of the molecule is Cc1cc([N+](=O)[O-])ccc1N1C(=O)C2C(C1=O)C(C(=O)n1nnc3ccccc31)N1c3ccccc3C=CC21. The number of rotatable bonds is 3. The molecular weight excluding hydrogens is 500 g/mol. The molecule has 7 rings (SSSR count). The fraction of sp³-hybridized carbons (Fsp3) is 0.179. The Kier molecular flexibility index (Phi) is 4.80. The van der Waals surface area contributed by atoms with Crippen molar-refractivity contribution in [3.63, 3.8) is 0 Å². The zero-order valence-electron chi connectivity index (χ0n) is 20.5. The highest BCUT2D eigenvalue weighted by molar-refractivity contribution is 6.25. The van der Waals surface area contributed by atoms with E-state index in [1.165, 1.54) is 22.9 Å². The van der Waals surface area contributed by atoms with Crippen molar-refractivity contribution in [3.05, 3.63) is 94.0 Å². The average Bonchev–Trinajstić information content (AvgIpc) is 3.60. The van der Waals surface area contributed by atoms with Crippen LogP contribution in [0.3, 0.4) is 0 Å². The lowest BCUT2D eigenvalue weighted by molar-refractivity contribution is -0.384. The number of fused-ring (bicyclic) bond motifs is 6. The van der Waals surface area contributed by atoms with Gasteiger partial charge in [0, 0.05) is 17.8 Å². The minimum atomic E-state index is -1.03. The molecule has 0 radical (unpaired) electrons. The van der Waals surface area contributed by atoms with Gasteiger partial charge < -0.3 is 4.90 Å². The van der Waals surface area contributed by atoms with Gasteiger partial charge in [0.2, 0.25) is 11.8 Å². The predicted octanol–water partition coefficient (Wildman–Crippen LogP) is 3.38. The fourth-order valence-electron chi connectivity index (χ4n) is 6.20. The smallest absolute Gasteiger partial charge is 0.272 e. The number of carbonyl (C=O) groups is 3. The third-order valence-corrected chi connectivity index (χ3v) is 7.86. The molecule has 3 aliphatic heterocycles. The maximum atomic E-state index is 14.2. The first-order valence-corrected chi connectivity index (χ1v) is 12.4. The molecule has 0 N–H and O–H groups in total. The molecule has 192 valence electrons. The first-order valence-electron chi connectivity index (χ1n) is 12.4. The molecule has 0 bridgehead atoms. The molecular formula is C28H20N6O5. The van der Waals surface area contributed by atoms with Crippen LogP contribution in [0.25, 0.3) is 17.1 Å². The van der Waals surface area contributed by atoms with E-state index >= 15 is 0 Å². The van der Waals surface area contributed by atoms with Crippen molar-refractivity contribution < 1.29 is 19.3 Å². The number of hydrogen-bond acceptors (Lipinski definition) is 8. The van der Waals surface area contributed by atoms with Gasteiger partial charge in [0.15, 0.2) is 0 Å². The monoisotopic (exact) mass is 520 g/mol. The largest absolute Gasteiger partial charge is 0.351 e. The molecule has 4 atom stereocenters. The van der Waals surface area contributed by atoms with Gasteiger partial charge in [-0.25, -0.2) is 4.90 Å². The summed E-state index contributed by atoms with van der Waals surface area (Å²) < 4.78 is 1.21. The predicted molar refractivity (Wildman–Crippen MR) is 141 cm³/mol. The highest BCUT2D eigenvalue weighted by Crippen LogP contribution is 2.50. The number of aromatic nitrogens is 3. The number of anilines is 2. The van der Waals surface area contributed by atoms with Crippen LogP contribution in [0.5, 0.6) is 0 Å². The highest BCUT2D eigenvalue weighted by atomic mass is 16.6. The van der Waals surface area contributed by atoms with E-state index in [1.807, 2.05) is 41.3 Å². The fourth-order valence-corrected chi connectivity index (χ4v) is 6.20. The summed E-state index contributed by atoms with van der Waals surface area (Å²) in [5.41, 5.74) is 3.21. The first-order chi connectivity index (χ1) is 18.9. The number of nitro groups is 1.